The maximum atomic E-state index is 5.25. The second kappa shape index (κ2) is 16.6. The molecule has 0 amide bonds. The van der Waals surface area contributed by atoms with E-state index in [-0.39, 0.29) is 0 Å². The molecule has 0 N–H and O–H groups in total. The molecule has 0 aliphatic heterocycles. The molecule has 304 valence electrons. The fourth-order valence-corrected chi connectivity index (χ4v) is 19.5. The molecule has 2 heterocycles. The predicted octanol–water partition coefficient (Wildman–Crippen LogP) is 11.6. The molecule has 64 heavy (non-hydrogen) atoms. The average Bonchev–Trinajstić information content (AvgIpc) is 3.68. The van der Waals surface area contributed by atoms with Crippen LogP contribution in [0.2, 0.25) is 0 Å². The van der Waals surface area contributed by atoms with E-state index in [2.05, 4.69) is 213 Å². The maximum absolute atomic E-state index is 5.25. The number of aromatic nitrogens is 4. The molecule has 5 heteroatoms. The second-order valence-electron chi connectivity index (χ2n) is 16.6. The minimum atomic E-state index is -3.52. The number of hydrogen-bond acceptors (Lipinski definition) is 3. The number of benzene rings is 9. The van der Waals surface area contributed by atoms with Gasteiger partial charge >= 0.3 is 353 Å². The first-order valence-corrected chi connectivity index (χ1v) is 26.0. The van der Waals surface area contributed by atoms with E-state index in [4.69, 9.17) is 15.0 Å². The van der Waals surface area contributed by atoms with Crippen molar-refractivity contribution < 1.29 is 0 Å². The van der Waals surface area contributed by atoms with Crippen molar-refractivity contribution in [1.82, 2.24) is 19.5 Å². The van der Waals surface area contributed by atoms with Gasteiger partial charge in [0, 0.05) is 0 Å². The van der Waals surface area contributed by atoms with Crippen LogP contribution in [0.3, 0.4) is 0 Å². The Balaban J connectivity index is 1.17. The van der Waals surface area contributed by atoms with Crippen LogP contribution in [0.4, 0.5) is 0 Å². The molecule has 0 atom stereocenters. The first-order valence-electron chi connectivity index (χ1n) is 21.9. The van der Waals surface area contributed by atoms with Crippen molar-refractivity contribution in [2.75, 3.05) is 0 Å². The van der Waals surface area contributed by atoms with Crippen LogP contribution >= 0.6 is 0 Å². The van der Waals surface area contributed by atoms with Gasteiger partial charge in [0.05, 0.1) is 0 Å². The standard InChI is InChI=1S/C59H44GeN4/c1-41-28-36-55-53(38-41)54-39-42(2)29-37-56(54)64(55)50-34-35-51(59-62-57(44-18-8-3-9-19-44)61-58(63-59)45-20-10-4-11-21-45)52(40-50)43-30-32-49(33-31-43)60(46-22-12-5-13-23-46,47-24-14-6-15-25-47)48-26-16-7-17-27-48/h3-40H,1-2H3. The third kappa shape index (κ3) is 6.93. The number of fused-ring (bicyclic) bond motifs is 3. The summed E-state index contributed by atoms with van der Waals surface area (Å²) in [6.45, 7) is 4.34. The van der Waals surface area contributed by atoms with Gasteiger partial charge in [-0.2, -0.15) is 0 Å². The molecule has 4 nitrogen and oxygen atoms in total. The molecule has 0 aliphatic carbocycles. The Morgan fingerprint density at radius 2 is 0.734 bits per heavy atom. The van der Waals surface area contributed by atoms with E-state index < -0.39 is 13.3 Å². The average molecular weight is 882 g/mol. The molecule has 0 fully saturated rings. The van der Waals surface area contributed by atoms with Gasteiger partial charge in [-0.1, -0.05) is 12.1 Å². The topological polar surface area (TPSA) is 43.6 Å². The van der Waals surface area contributed by atoms with E-state index >= 15 is 0 Å². The van der Waals surface area contributed by atoms with Crippen molar-refractivity contribution in [3.8, 4) is 51.0 Å². The SMILES string of the molecule is Cc1ccc2c(c1)c1cc(C)ccc1n2-c1ccc(-c2nc(-c3ccccc3)nc(-c3ccccc3)n2)c(-c2cc[c]([Ge]([c]3ccccc3)([c]3ccccc3)[c]3ccccc3)cc2)c1. The Hall–Kier alpha value is -7.67. The summed E-state index contributed by atoms with van der Waals surface area (Å²) < 4.78 is 7.93. The Labute approximate surface area is 376 Å². The summed E-state index contributed by atoms with van der Waals surface area (Å²) in [5, 5.41) is 2.49. The Morgan fingerprint density at radius 3 is 1.19 bits per heavy atom. The molecule has 11 aromatic rings. The van der Waals surface area contributed by atoms with Crippen molar-refractivity contribution in [3.63, 3.8) is 0 Å². The first-order chi connectivity index (χ1) is 31.5. The van der Waals surface area contributed by atoms with Crippen molar-refractivity contribution in [1.29, 1.82) is 0 Å². The quantitative estimate of drug-likeness (QED) is 0.136. The minimum absolute atomic E-state index is 0.622. The zero-order chi connectivity index (χ0) is 43.0. The molecule has 0 spiro atoms. The third-order valence-electron chi connectivity index (χ3n) is 12.5. The van der Waals surface area contributed by atoms with E-state index in [0.717, 1.165) is 33.5 Å². The predicted molar refractivity (Wildman–Crippen MR) is 269 cm³/mol. The van der Waals surface area contributed by atoms with Crippen LogP contribution in [0.15, 0.2) is 231 Å². The van der Waals surface area contributed by atoms with Crippen LogP contribution in [0.1, 0.15) is 11.1 Å². The molecule has 11 rings (SSSR count). The van der Waals surface area contributed by atoms with Crippen LogP contribution in [-0.4, -0.2) is 32.8 Å². The first kappa shape index (κ1) is 39.2. The summed E-state index contributed by atoms with van der Waals surface area (Å²) >= 11 is -3.52. The zero-order valence-corrected chi connectivity index (χ0v) is 37.8. The number of rotatable bonds is 9. The fraction of sp³-hybridized carbons (Fsp3) is 0.0339. The van der Waals surface area contributed by atoms with Gasteiger partial charge in [0.1, 0.15) is 0 Å². The zero-order valence-electron chi connectivity index (χ0n) is 35.7. The summed E-state index contributed by atoms with van der Waals surface area (Å²) in [4.78, 5) is 15.6. The summed E-state index contributed by atoms with van der Waals surface area (Å²) in [6.07, 6.45) is 0. The van der Waals surface area contributed by atoms with Crippen molar-refractivity contribution in [2.24, 2.45) is 0 Å². The summed E-state index contributed by atoms with van der Waals surface area (Å²) in [7, 11) is 0. The van der Waals surface area contributed by atoms with Gasteiger partial charge in [0.15, 0.2) is 0 Å². The summed E-state index contributed by atoms with van der Waals surface area (Å²) in [5.74, 6) is 1.89. The number of aryl methyl sites for hydroxylation is 2. The molecule has 0 saturated carbocycles. The van der Waals surface area contributed by atoms with Crippen LogP contribution in [0, 0.1) is 13.8 Å². The van der Waals surface area contributed by atoms with E-state index in [1.165, 1.54) is 50.5 Å². The van der Waals surface area contributed by atoms with Crippen LogP contribution < -0.4 is 17.6 Å². The molecule has 0 saturated heterocycles. The van der Waals surface area contributed by atoms with Crippen LogP contribution in [-0.2, 0) is 0 Å². The molecular formula is C59H44GeN4. The Kier molecular flexibility index (Phi) is 10.1. The molecular weight excluding hydrogens is 837 g/mol. The van der Waals surface area contributed by atoms with E-state index in [0.29, 0.717) is 17.5 Å². The van der Waals surface area contributed by atoms with Crippen LogP contribution in [0.5, 0.6) is 0 Å². The molecule has 0 unspecified atom stereocenters. The van der Waals surface area contributed by atoms with E-state index in [1.807, 2.05) is 36.4 Å². The Morgan fingerprint density at radius 1 is 0.328 bits per heavy atom. The van der Waals surface area contributed by atoms with E-state index in [1.54, 1.807) is 0 Å². The monoisotopic (exact) mass is 882 g/mol. The van der Waals surface area contributed by atoms with E-state index in [9.17, 15) is 0 Å². The summed E-state index contributed by atoms with van der Waals surface area (Å²) in [6, 6.07) is 83.6. The van der Waals surface area contributed by atoms with Gasteiger partial charge in [-0.15, -0.1) is 0 Å². The molecule has 2 aromatic heterocycles. The van der Waals surface area contributed by atoms with Gasteiger partial charge in [-0.05, 0) is 13.8 Å². The van der Waals surface area contributed by atoms with Gasteiger partial charge in [0.2, 0.25) is 0 Å². The molecule has 0 radical (unpaired) electrons. The molecule has 9 aromatic carbocycles. The Bertz CT molecular complexity index is 3210. The third-order valence-corrected chi connectivity index (χ3v) is 22.6. The van der Waals surface area contributed by atoms with Crippen molar-refractivity contribution in [3.05, 3.63) is 242 Å². The summed E-state index contributed by atoms with van der Waals surface area (Å²) in [5.41, 5.74) is 10.8. The van der Waals surface area contributed by atoms with Crippen molar-refractivity contribution in [2.45, 2.75) is 13.8 Å². The second-order valence-corrected chi connectivity index (χ2v) is 24.6. The van der Waals surface area contributed by atoms with Gasteiger partial charge in [0.25, 0.3) is 0 Å². The van der Waals surface area contributed by atoms with Gasteiger partial charge < -0.3 is 0 Å². The fourth-order valence-electron chi connectivity index (χ4n) is 9.53. The van der Waals surface area contributed by atoms with Crippen molar-refractivity contribution >= 4 is 52.7 Å². The van der Waals surface area contributed by atoms with Crippen LogP contribution in [0.25, 0.3) is 72.8 Å². The normalized spacial score (nSPS) is 11.6. The van der Waals surface area contributed by atoms with Gasteiger partial charge in [-0.25, -0.2) is 0 Å². The molecule has 0 bridgehead atoms. The number of nitrogens with zero attached hydrogens (tertiary/aromatic N) is 4. The number of hydrogen-bond donors (Lipinski definition) is 0. The molecule has 0 aliphatic rings. The van der Waals surface area contributed by atoms with Gasteiger partial charge in [-0.3, -0.25) is 0 Å².